The minimum absolute atomic E-state index is 0.684. The molecule has 1 aliphatic heterocycles. The molecule has 2 aromatic rings. The van der Waals surface area contributed by atoms with Crippen LogP contribution in [-0.2, 0) is 5.60 Å². The lowest BCUT2D eigenvalue weighted by Crippen LogP contribution is -2.49. The Morgan fingerprint density at radius 1 is 0.833 bits per heavy atom. The summed E-state index contributed by atoms with van der Waals surface area (Å²) in [6, 6.07) is 19.7. The number of hydrogen-bond donors (Lipinski definition) is 1. The van der Waals surface area contributed by atoms with Crippen LogP contribution in [0.5, 0.6) is 0 Å². The highest BCUT2D eigenvalue weighted by molar-refractivity contribution is 5.63. The Morgan fingerprint density at radius 2 is 1.50 bits per heavy atom. The lowest BCUT2D eigenvalue weighted by Gasteiger charge is -2.42. The fourth-order valence-corrected chi connectivity index (χ4v) is 4.49. The number of likely N-dealkylation sites (tertiary alicyclic amines) is 1. The molecule has 2 nitrogen and oxygen atoms in total. The van der Waals surface area contributed by atoms with Crippen molar-refractivity contribution in [2.24, 2.45) is 0 Å². The molecule has 24 heavy (non-hydrogen) atoms. The summed E-state index contributed by atoms with van der Waals surface area (Å²) in [5.74, 6) is 0. The van der Waals surface area contributed by atoms with E-state index in [-0.39, 0.29) is 0 Å². The zero-order chi connectivity index (χ0) is 16.4. The van der Waals surface area contributed by atoms with Gasteiger partial charge in [-0.05, 0) is 48.9 Å². The summed E-state index contributed by atoms with van der Waals surface area (Å²) < 4.78 is 0. The first-order valence-electron chi connectivity index (χ1n) is 9.37. The summed E-state index contributed by atoms with van der Waals surface area (Å²) in [5.41, 5.74) is 2.83. The molecule has 0 aromatic heterocycles. The third-order valence-electron chi connectivity index (χ3n) is 5.87. The van der Waals surface area contributed by atoms with Crippen LogP contribution >= 0.6 is 0 Å². The average molecular weight is 321 g/mol. The molecule has 0 bridgehead atoms. The molecule has 4 rings (SSSR count). The van der Waals surface area contributed by atoms with Crippen molar-refractivity contribution >= 4 is 0 Å². The molecular weight excluding hydrogens is 294 g/mol. The third kappa shape index (κ3) is 3.13. The Balaban J connectivity index is 1.53. The van der Waals surface area contributed by atoms with Crippen LogP contribution in [0.15, 0.2) is 54.6 Å². The first-order chi connectivity index (χ1) is 11.7. The Hall–Kier alpha value is -1.64. The predicted octanol–water partition coefficient (Wildman–Crippen LogP) is 4.58. The van der Waals surface area contributed by atoms with Crippen LogP contribution in [0.25, 0.3) is 11.1 Å². The molecular formula is C22H27NO. The second-order valence-corrected chi connectivity index (χ2v) is 7.49. The van der Waals surface area contributed by atoms with Gasteiger partial charge < -0.3 is 5.11 Å². The van der Waals surface area contributed by atoms with Crippen LogP contribution in [0.4, 0.5) is 0 Å². The molecule has 2 aromatic carbocycles. The van der Waals surface area contributed by atoms with Crippen LogP contribution in [-0.4, -0.2) is 29.1 Å². The molecule has 2 heteroatoms. The smallest absolute Gasteiger partial charge is 0.102 e. The van der Waals surface area contributed by atoms with Gasteiger partial charge in [0.15, 0.2) is 0 Å². The molecule has 1 saturated carbocycles. The van der Waals surface area contributed by atoms with Crippen LogP contribution in [0.3, 0.4) is 0 Å². The van der Waals surface area contributed by atoms with E-state index in [1.807, 2.05) is 6.07 Å². The molecule has 0 unspecified atom stereocenters. The maximum absolute atomic E-state index is 11.3. The average Bonchev–Trinajstić information content (AvgIpc) is 3.17. The third-order valence-corrected chi connectivity index (χ3v) is 5.87. The standard InChI is InChI=1S/C22H27NO/c24-22(15-6-16-23(17-22)21-9-4-5-10-21)20-13-11-19(12-14-20)18-7-2-1-3-8-18/h1-3,7-8,11-14,21,24H,4-6,9-10,15-17H2/t22-/m0/s1. The van der Waals surface area contributed by atoms with Gasteiger partial charge in [0.1, 0.15) is 5.60 Å². The van der Waals surface area contributed by atoms with Gasteiger partial charge >= 0.3 is 0 Å². The monoisotopic (exact) mass is 321 g/mol. The van der Waals surface area contributed by atoms with Crippen molar-refractivity contribution in [3.05, 3.63) is 60.2 Å². The van der Waals surface area contributed by atoms with Gasteiger partial charge in [0.2, 0.25) is 0 Å². The number of rotatable bonds is 3. The molecule has 1 heterocycles. The minimum Gasteiger partial charge on any atom is -0.384 e. The van der Waals surface area contributed by atoms with E-state index in [1.165, 1.54) is 36.8 Å². The van der Waals surface area contributed by atoms with E-state index in [0.717, 1.165) is 31.5 Å². The number of nitrogens with zero attached hydrogens (tertiary/aromatic N) is 1. The van der Waals surface area contributed by atoms with Crippen LogP contribution < -0.4 is 0 Å². The summed E-state index contributed by atoms with van der Waals surface area (Å²) in [6.45, 7) is 1.94. The highest BCUT2D eigenvalue weighted by Gasteiger charge is 2.37. The van der Waals surface area contributed by atoms with Gasteiger partial charge in [-0.3, -0.25) is 4.90 Å². The van der Waals surface area contributed by atoms with E-state index in [4.69, 9.17) is 0 Å². The molecule has 1 atom stereocenters. The van der Waals surface area contributed by atoms with E-state index in [2.05, 4.69) is 53.4 Å². The van der Waals surface area contributed by atoms with E-state index < -0.39 is 5.60 Å². The molecule has 2 fully saturated rings. The van der Waals surface area contributed by atoms with Gasteiger partial charge in [-0.1, -0.05) is 67.4 Å². The largest absolute Gasteiger partial charge is 0.384 e. The van der Waals surface area contributed by atoms with Crippen molar-refractivity contribution in [1.82, 2.24) is 4.90 Å². The first-order valence-corrected chi connectivity index (χ1v) is 9.37. The molecule has 126 valence electrons. The second-order valence-electron chi connectivity index (χ2n) is 7.49. The molecule has 1 aliphatic carbocycles. The Morgan fingerprint density at radius 3 is 2.21 bits per heavy atom. The van der Waals surface area contributed by atoms with Gasteiger partial charge in [0, 0.05) is 12.6 Å². The fraction of sp³-hybridized carbons (Fsp3) is 0.455. The van der Waals surface area contributed by atoms with Crippen molar-refractivity contribution in [2.45, 2.75) is 50.2 Å². The van der Waals surface area contributed by atoms with Crippen molar-refractivity contribution in [2.75, 3.05) is 13.1 Å². The van der Waals surface area contributed by atoms with E-state index in [9.17, 15) is 5.11 Å². The Labute approximate surface area is 145 Å². The zero-order valence-corrected chi connectivity index (χ0v) is 14.3. The maximum atomic E-state index is 11.3. The quantitative estimate of drug-likeness (QED) is 0.894. The highest BCUT2D eigenvalue weighted by atomic mass is 16.3. The molecule has 2 aliphatic rings. The lowest BCUT2D eigenvalue weighted by atomic mass is 9.84. The Bertz CT molecular complexity index is 660. The van der Waals surface area contributed by atoms with Gasteiger partial charge in [0.05, 0.1) is 0 Å². The number of piperidine rings is 1. The van der Waals surface area contributed by atoms with Crippen LogP contribution in [0.1, 0.15) is 44.1 Å². The van der Waals surface area contributed by atoms with Crippen molar-refractivity contribution in [3.8, 4) is 11.1 Å². The second kappa shape index (κ2) is 6.70. The SMILES string of the molecule is O[C@@]1(c2ccc(-c3ccccc3)cc2)CCCN(C2CCCC2)C1. The zero-order valence-electron chi connectivity index (χ0n) is 14.3. The first kappa shape index (κ1) is 15.9. The van der Waals surface area contributed by atoms with Gasteiger partial charge in [-0.15, -0.1) is 0 Å². The summed E-state index contributed by atoms with van der Waals surface area (Å²) in [5, 5.41) is 11.3. The summed E-state index contributed by atoms with van der Waals surface area (Å²) in [6.07, 6.45) is 7.29. The number of aliphatic hydroxyl groups is 1. The molecule has 0 radical (unpaired) electrons. The molecule has 1 saturated heterocycles. The van der Waals surface area contributed by atoms with E-state index in [1.54, 1.807) is 0 Å². The summed E-state index contributed by atoms with van der Waals surface area (Å²) in [4.78, 5) is 2.54. The van der Waals surface area contributed by atoms with Crippen LogP contribution in [0.2, 0.25) is 0 Å². The van der Waals surface area contributed by atoms with Gasteiger partial charge in [-0.25, -0.2) is 0 Å². The molecule has 0 amide bonds. The molecule has 0 spiro atoms. The van der Waals surface area contributed by atoms with Crippen molar-refractivity contribution in [1.29, 1.82) is 0 Å². The lowest BCUT2D eigenvalue weighted by molar-refractivity contribution is -0.0478. The summed E-state index contributed by atoms with van der Waals surface area (Å²) >= 11 is 0. The normalized spacial score (nSPS) is 25.9. The maximum Gasteiger partial charge on any atom is 0.102 e. The topological polar surface area (TPSA) is 23.5 Å². The number of hydrogen-bond acceptors (Lipinski definition) is 2. The fourth-order valence-electron chi connectivity index (χ4n) is 4.49. The molecule has 1 N–H and O–H groups in total. The van der Waals surface area contributed by atoms with Crippen molar-refractivity contribution < 1.29 is 5.11 Å². The minimum atomic E-state index is -0.684. The summed E-state index contributed by atoms with van der Waals surface area (Å²) in [7, 11) is 0. The highest BCUT2D eigenvalue weighted by Crippen LogP contribution is 2.36. The number of benzene rings is 2. The van der Waals surface area contributed by atoms with Crippen molar-refractivity contribution in [3.63, 3.8) is 0 Å². The van der Waals surface area contributed by atoms with Gasteiger partial charge in [-0.2, -0.15) is 0 Å². The predicted molar refractivity (Wildman–Crippen MR) is 98.8 cm³/mol. The van der Waals surface area contributed by atoms with E-state index >= 15 is 0 Å². The van der Waals surface area contributed by atoms with E-state index in [0.29, 0.717) is 6.04 Å². The van der Waals surface area contributed by atoms with Gasteiger partial charge in [0.25, 0.3) is 0 Å². The van der Waals surface area contributed by atoms with Crippen LogP contribution in [0, 0.1) is 0 Å². The number of β-amino-alcohol motifs (C(OH)–C–C–N with tert-alkyl or cyclic N) is 1. The Kier molecular flexibility index (Phi) is 4.43.